The Morgan fingerprint density at radius 2 is 1.48 bits per heavy atom. The van der Waals surface area contributed by atoms with Crippen LogP contribution in [0.5, 0.6) is 0 Å². The Balaban J connectivity index is 0. The average molecular weight is 362 g/mol. The van der Waals surface area contributed by atoms with Crippen LogP contribution in [-0.2, 0) is 20.8 Å². The van der Waals surface area contributed by atoms with E-state index in [1.54, 1.807) is 12.1 Å². The van der Waals surface area contributed by atoms with Crippen LogP contribution >= 0.6 is 0 Å². The fourth-order valence-electron chi connectivity index (χ4n) is 1.14. The first-order chi connectivity index (χ1) is 11.5. The van der Waals surface area contributed by atoms with Gasteiger partial charge in [0.15, 0.2) is 0 Å². The van der Waals surface area contributed by atoms with E-state index in [2.05, 4.69) is 11.5 Å². The maximum atomic E-state index is 10.3. The van der Waals surface area contributed by atoms with Gasteiger partial charge in [-0.3, -0.25) is 14.4 Å². The van der Waals surface area contributed by atoms with E-state index >= 15 is 0 Å². The molecule has 0 saturated carbocycles. The summed E-state index contributed by atoms with van der Waals surface area (Å²) < 4.78 is 4.91. The molecular formula is C13H22N4O8. The van der Waals surface area contributed by atoms with Gasteiger partial charge < -0.3 is 42.7 Å². The molecule has 12 heteroatoms. The normalized spacial score (nSPS) is 11.6. The quantitative estimate of drug-likeness (QED) is 0.296. The van der Waals surface area contributed by atoms with Crippen LogP contribution in [0.15, 0.2) is 22.8 Å². The van der Waals surface area contributed by atoms with Crippen LogP contribution in [0.3, 0.4) is 0 Å². The van der Waals surface area contributed by atoms with Crippen molar-refractivity contribution in [1.82, 2.24) is 0 Å². The molecule has 0 aromatic carbocycles. The summed E-state index contributed by atoms with van der Waals surface area (Å²) in [5.41, 5.74) is 18.8. The van der Waals surface area contributed by atoms with Crippen molar-refractivity contribution in [3.05, 3.63) is 24.2 Å². The molecule has 2 unspecified atom stereocenters. The molecule has 0 aliphatic heterocycles. The zero-order valence-corrected chi connectivity index (χ0v) is 13.2. The van der Waals surface area contributed by atoms with Gasteiger partial charge in [0.25, 0.3) is 0 Å². The van der Waals surface area contributed by atoms with Gasteiger partial charge in [0.1, 0.15) is 17.8 Å². The van der Waals surface area contributed by atoms with Gasteiger partial charge in [0.2, 0.25) is 0 Å². The molecule has 0 aliphatic rings. The molecule has 1 aromatic rings. The Morgan fingerprint density at radius 1 is 1.00 bits per heavy atom. The number of furan rings is 1. The van der Waals surface area contributed by atoms with Gasteiger partial charge in [0.05, 0.1) is 6.26 Å². The molecule has 25 heavy (non-hydrogen) atoms. The highest BCUT2D eigenvalue weighted by Gasteiger charge is 2.13. The van der Waals surface area contributed by atoms with Gasteiger partial charge in [0, 0.05) is 12.8 Å². The number of aliphatic carboxylic acids is 3. The maximum absolute atomic E-state index is 10.3. The largest absolute Gasteiger partial charge is 0.481 e. The number of hydrogen-bond donors (Lipinski definition) is 7. The number of nitrogens with two attached hydrogens (primary N) is 4. The predicted molar refractivity (Wildman–Crippen MR) is 84.3 cm³/mol. The Kier molecular flexibility index (Phi) is 12.9. The first-order valence-electron chi connectivity index (χ1n) is 6.73. The minimum absolute atomic E-state index is 0.0231. The molecule has 1 rings (SSSR count). The van der Waals surface area contributed by atoms with Crippen molar-refractivity contribution in [2.75, 3.05) is 0 Å². The smallest absolute Gasteiger partial charge is 0.320 e. The van der Waals surface area contributed by atoms with Crippen molar-refractivity contribution in [2.24, 2.45) is 22.9 Å². The van der Waals surface area contributed by atoms with Crippen molar-refractivity contribution in [1.29, 1.82) is 0 Å². The van der Waals surface area contributed by atoms with Crippen molar-refractivity contribution < 1.29 is 38.9 Å². The third-order valence-electron chi connectivity index (χ3n) is 2.30. The van der Waals surface area contributed by atoms with E-state index in [-0.39, 0.29) is 19.3 Å². The minimum Gasteiger partial charge on any atom is -0.481 e. The zero-order valence-electron chi connectivity index (χ0n) is 13.2. The second kappa shape index (κ2) is 13.3. The Morgan fingerprint density at radius 3 is 1.80 bits per heavy atom. The van der Waals surface area contributed by atoms with Crippen LogP contribution in [0.25, 0.3) is 0 Å². The maximum Gasteiger partial charge on any atom is 0.320 e. The van der Waals surface area contributed by atoms with Crippen LogP contribution in [0.2, 0.25) is 0 Å². The minimum atomic E-state index is -1.17. The summed E-state index contributed by atoms with van der Waals surface area (Å²) in [7, 11) is 0. The van der Waals surface area contributed by atoms with E-state index in [4.69, 9.17) is 36.0 Å². The van der Waals surface area contributed by atoms with E-state index < -0.39 is 36.0 Å². The molecular weight excluding hydrogens is 340 g/mol. The highest BCUT2D eigenvalue weighted by molar-refractivity contribution is 5.74. The number of carboxylic acids is 3. The average Bonchev–Trinajstić information content (AvgIpc) is 2.97. The van der Waals surface area contributed by atoms with Crippen molar-refractivity contribution in [2.45, 2.75) is 31.3 Å². The molecule has 2 amide bonds. The summed E-state index contributed by atoms with van der Waals surface area (Å²) in [5.74, 6) is -2.61. The molecule has 0 spiro atoms. The predicted octanol–water partition coefficient (Wildman–Crippen LogP) is -1.48. The number of carbonyl (C=O) groups excluding carboxylic acids is 1. The Labute approximate surface area is 142 Å². The number of carboxylic acid groups (broad SMARTS) is 3. The first kappa shape index (κ1) is 24.1. The van der Waals surface area contributed by atoms with Gasteiger partial charge in [-0.15, -0.1) is 0 Å². The van der Waals surface area contributed by atoms with E-state index in [0.29, 0.717) is 5.76 Å². The molecule has 0 aliphatic carbocycles. The van der Waals surface area contributed by atoms with Crippen LogP contribution < -0.4 is 22.9 Å². The summed E-state index contributed by atoms with van der Waals surface area (Å²) in [6, 6.07) is 0.629. The van der Waals surface area contributed by atoms with Crippen molar-refractivity contribution >= 4 is 23.9 Å². The first-order valence-corrected chi connectivity index (χ1v) is 6.73. The van der Waals surface area contributed by atoms with E-state index in [0.717, 1.165) is 0 Å². The van der Waals surface area contributed by atoms with Crippen LogP contribution in [0.1, 0.15) is 18.6 Å². The fraction of sp³-hybridized carbons (Fsp3) is 0.385. The number of amides is 2. The monoisotopic (exact) mass is 362 g/mol. The second-order valence-corrected chi connectivity index (χ2v) is 4.51. The fourth-order valence-corrected chi connectivity index (χ4v) is 1.14. The lowest BCUT2D eigenvalue weighted by Crippen LogP contribution is -2.32. The molecule has 11 N–H and O–H groups in total. The number of urea groups is 1. The second-order valence-electron chi connectivity index (χ2n) is 4.51. The third kappa shape index (κ3) is 17.1. The number of carbonyl (C=O) groups is 4. The highest BCUT2D eigenvalue weighted by Crippen LogP contribution is 2.02. The number of rotatable bonds is 7. The molecule has 1 heterocycles. The summed E-state index contributed by atoms with van der Waals surface area (Å²) in [5, 5.41) is 24.7. The lowest BCUT2D eigenvalue weighted by Gasteiger charge is -2.01. The highest BCUT2D eigenvalue weighted by atomic mass is 16.4. The van der Waals surface area contributed by atoms with Crippen LogP contribution in [-0.4, -0.2) is 51.3 Å². The molecule has 0 bridgehead atoms. The number of primary amides is 2. The SMILES string of the molecule is NC(CCC(=O)O)C(=O)O.NC(Cc1ccco1)C(=O)O.NC(N)=O. The summed E-state index contributed by atoms with van der Waals surface area (Å²) in [6.07, 6.45) is 1.50. The molecule has 0 fully saturated rings. The summed E-state index contributed by atoms with van der Waals surface area (Å²) in [4.78, 5) is 39.1. The topological polar surface area (TPSA) is 246 Å². The number of hydrogen-bond acceptors (Lipinski definition) is 7. The van der Waals surface area contributed by atoms with E-state index in [9.17, 15) is 14.4 Å². The van der Waals surface area contributed by atoms with Gasteiger partial charge in [-0.1, -0.05) is 0 Å². The Bertz CT molecular complexity index is 542. The summed E-state index contributed by atoms with van der Waals surface area (Å²) >= 11 is 0. The molecule has 142 valence electrons. The summed E-state index contributed by atoms with van der Waals surface area (Å²) in [6.45, 7) is 0. The van der Waals surface area contributed by atoms with Gasteiger partial charge >= 0.3 is 23.9 Å². The molecule has 0 radical (unpaired) electrons. The molecule has 12 nitrogen and oxygen atoms in total. The molecule has 0 saturated heterocycles. The van der Waals surface area contributed by atoms with Crippen LogP contribution in [0, 0.1) is 0 Å². The standard InChI is InChI=1S/C7H9NO3.C5H9NO4.CH4N2O/c8-6(7(9)10)4-5-2-1-3-11-5;6-3(5(9)10)1-2-4(7)8;2-1(3)4/h1-3,6H,4,8H2,(H,9,10);3H,1-2,6H2,(H,7,8)(H,9,10);(H4,2,3,4). The van der Waals surface area contributed by atoms with Crippen molar-refractivity contribution in [3.63, 3.8) is 0 Å². The zero-order chi connectivity index (χ0) is 20.0. The molecule has 1 aromatic heterocycles. The molecule has 2 atom stereocenters. The van der Waals surface area contributed by atoms with Gasteiger partial charge in [-0.2, -0.15) is 0 Å². The van der Waals surface area contributed by atoms with E-state index in [1.165, 1.54) is 6.26 Å². The van der Waals surface area contributed by atoms with E-state index in [1.807, 2.05) is 0 Å². The van der Waals surface area contributed by atoms with Crippen molar-refractivity contribution in [3.8, 4) is 0 Å². The lowest BCUT2D eigenvalue weighted by atomic mass is 10.2. The lowest BCUT2D eigenvalue weighted by molar-refractivity contribution is -0.140. The van der Waals surface area contributed by atoms with Gasteiger partial charge in [-0.25, -0.2) is 4.79 Å². The third-order valence-corrected chi connectivity index (χ3v) is 2.30. The Hall–Kier alpha value is -3.12. The van der Waals surface area contributed by atoms with Crippen LogP contribution in [0.4, 0.5) is 4.79 Å². The van der Waals surface area contributed by atoms with Gasteiger partial charge in [-0.05, 0) is 18.6 Å².